The van der Waals surface area contributed by atoms with Gasteiger partial charge in [-0.05, 0) is 34.3 Å². The molecule has 3 N–H and O–H groups in total. The van der Waals surface area contributed by atoms with Gasteiger partial charge in [0.2, 0.25) is 0 Å². The van der Waals surface area contributed by atoms with Gasteiger partial charge in [-0.2, -0.15) is 4.98 Å². The molecule has 0 unspecified atom stereocenters. The number of aromatic nitrogens is 8. The van der Waals surface area contributed by atoms with Crippen LogP contribution in [0.1, 0.15) is 5.82 Å². The number of aryl methyl sites for hydroxylation is 1. The number of H-pyrrole nitrogens is 3. The van der Waals surface area contributed by atoms with Crippen LogP contribution < -0.4 is 0 Å². The van der Waals surface area contributed by atoms with Crippen molar-refractivity contribution in [2.45, 2.75) is 6.92 Å². The van der Waals surface area contributed by atoms with Gasteiger partial charge in [-0.25, -0.2) is 30.1 Å². The third-order valence-corrected chi connectivity index (χ3v) is 3.42. The van der Waals surface area contributed by atoms with Crippen molar-refractivity contribution in [1.82, 2.24) is 39.6 Å². The van der Waals surface area contributed by atoms with Crippen LogP contribution in [0, 0.1) is 67.6 Å². The van der Waals surface area contributed by atoms with Crippen molar-refractivity contribution in [3.63, 3.8) is 0 Å². The second-order valence-corrected chi connectivity index (χ2v) is 6.02. The van der Waals surface area contributed by atoms with Crippen LogP contribution in [-0.4, -0.2) is 69.2 Å². The molecule has 0 aromatic carbocycles. The highest BCUT2D eigenvalue weighted by Crippen LogP contribution is 2.10. The number of aromatic amines is 3. The Labute approximate surface area is 210 Å². The molecule has 0 bridgehead atoms. The van der Waals surface area contributed by atoms with Gasteiger partial charge < -0.3 is 50.6 Å². The average Bonchev–Trinajstić information content (AvgIpc) is 3.67. The summed E-state index contributed by atoms with van der Waals surface area (Å²) in [7, 11) is 0. The molecule has 0 aliphatic heterocycles. The molecular weight excluding hydrogens is 544 g/mol. The molecule has 26 heteroatoms. The predicted molar refractivity (Wildman–Crippen MR) is 118 cm³/mol. The molecule has 0 saturated carbocycles. The zero-order valence-corrected chi connectivity index (χ0v) is 18.8. The minimum Gasteiger partial charge on any atom is -0.390 e. The lowest BCUT2D eigenvalue weighted by molar-refractivity contribution is -0.542. The summed E-state index contributed by atoms with van der Waals surface area (Å²) in [6, 6.07) is 0. The van der Waals surface area contributed by atoms with Crippen LogP contribution in [0.15, 0.2) is 37.4 Å². The van der Waals surface area contributed by atoms with Crippen LogP contribution in [0.3, 0.4) is 0 Å². The fourth-order valence-electron chi connectivity index (χ4n) is 1.82. The number of imidazole rings is 4. The van der Waals surface area contributed by atoms with E-state index in [-0.39, 0.29) is 11.6 Å². The molecular formula is C13H12N14O12. The number of hydrogen-bond acceptors (Lipinski definition) is 16. The first-order chi connectivity index (χ1) is 18.2. The second-order valence-electron chi connectivity index (χ2n) is 6.02. The van der Waals surface area contributed by atoms with Gasteiger partial charge in [0.1, 0.15) is 12.4 Å². The third kappa shape index (κ3) is 10.2. The van der Waals surface area contributed by atoms with Gasteiger partial charge in [0, 0.05) is 6.92 Å². The van der Waals surface area contributed by atoms with Gasteiger partial charge in [-0.15, -0.1) is 0 Å². The number of nitrogens with zero attached hydrogens (tertiary/aromatic N) is 11. The largest absolute Gasteiger partial charge is 0.435 e. The zero-order chi connectivity index (χ0) is 29.7. The molecule has 4 heterocycles. The van der Waals surface area contributed by atoms with E-state index in [2.05, 4.69) is 29.9 Å². The van der Waals surface area contributed by atoms with Gasteiger partial charge in [0.25, 0.3) is 6.33 Å². The van der Waals surface area contributed by atoms with E-state index in [0.29, 0.717) is 10.5 Å². The molecule has 0 aliphatic rings. The smallest absolute Gasteiger partial charge is 0.390 e. The van der Waals surface area contributed by atoms with E-state index in [1.807, 2.05) is 4.98 Å². The fourth-order valence-corrected chi connectivity index (χ4v) is 1.82. The van der Waals surface area contributed by atoms with E-state index in [4.69, 9.17) is 0 Å². The molecule has 4 rings (SSSR count). The molecule has 0 spiro atoms. The Hall–Kier alpha value is -6.76. The van der Waals surface area contributed by atoms with Gasteiger partial charge in [0.15, 0.2) is 29.6 Å². The second kappa shape index (κ2) is 14.0. The third-order valence-electron chi connectivity index (χ3n) is 3.42. The van der Waals surface area contributed by atoms with Crippen LogP contribution in [0.25, 0.3) is 0 Å². The lowest BCUT2D eigenvalue weighted by Crippen LogP contribution is -2.04. The van der Waals surface area contributed by atoms with Crippen molar-refractivity contribution in [3.05, 3.63) is 104 Å². The molecule has 4 aromatic heterocycles. The minimum atomic E-state index is -0.840. The molecule has 39 heavy (non-hydrogen) atoms. The van der Waals surface area contributed by atoms with E-state index >= 15 is 0 Å². The first-order valence-electron chi connectivity index (χ1n) is 9.18. The van der Waals surface area contributed by atoms with Crippen molar-refractivity contribution in [1.29, 1.82) is 0 Å². The van der Waals surface area contributed by atoms with Gasteiger partial charge >= 0.3 is 29.2 Å². The number of nitro groups is 6. The monoisotopic (exact) mass is 556 g/mol. The average molecular weight is 556 g/mol. The summed E-state index contributed by atoms with van der Waals surface area (Å²) in [5.41, 5.74) is 0. The maximum Gasteiger partial charge on any atom is 0.435 e. The lowest BCUT2D eigenvalue weighted by atomic mass is 10.7. The van der Waals surface area contributed by atoms with Crippen LogP contribution in [0.2, 0.25) is 0 Å². The van der Waals surface area contributed by atoms with Crippen LogP contribution >= 0.6 is 0 Å². The molecule has 4 aromatic rings. The molecule has 26 nitrogen and oxygen atoms in total. The first kappa shape index (κ1) is 30.3. The van der Waals surface area contributed by atoms with Crippen LogP contribution in [0.4, 0.5) is 29.2 Å². The predicted octanol–water partition coefficient (Wildman–Crippen LogP) is 1.00. The maximum atomic E-state index is 9.95. The summed E-state index contributed by atoms with van der Waals surface area (Å²) >= 11 is 0. The lowest BCUT2D eigenvalue weighted by Gasteiger charge is -1.87. The molecule has 0 saturated heterocycles. The highest BCUT2D eigenvalue weighted by atomic mass is 16.7. The normalized spacial score (nSPS) is 9.36. The Kier molecular flexibility index (Phi) is 10.8. The zero-order valence-electron chi connectivity index (χ0n) is 18.8. The molecule has 206 valence electrons. The Balaban J connectivity index is 0.000000262. The topological polar surface area (TPSA) is 363 Å². The Morgan fingerprint density at radius 2 is 1.26 bits per heavy atom. The Bertz CT molecular complexity index is 1330. The summed E-state index contributed by atoms with van der Waals surface area (Å²) < 4.78 is 0.415. The highest BCUT2D eigenvalue weighted by molar-refractivity contribution is 5.21. The summed E-state index contributed by atoms with van der Waals surface area (Å²) in [4.78, 5) is 76.1. The van der Waals surface area contributed by atoms with Crippen molar-refractivity contribution >= 4 is 29.2 Å². The van der Waals surface area contributed by atoms with E-state index < -0.39 is 47.2 Å². The van der Waals surface area contributed by atoms with Crippen molar-refractivity contribution < 1.29 is 29.6 Å². The minimum absolute atomic E-state index is 0.0625. The van der Waals surface area contributed by atoms with E-state index in [9.17, 15) is 60.7 Å². The summed E-state index contributed by atoms with van der Waals surface area (Å²) in [5.74, 6) is -1.24. The Morgan fingerprint density at radius 1 is 0.692 bits per heavy atom. The molecule has 0 aliphatic carbocycles. The molecule has 0 amide bonds. The maximum absolute atomic E-state index is 9.95. The quantitative estimate of drug-likeness (QED) is 0.220. The molecule has 0 fully saturated rings. The van der Waals surface area contributed by atoms with Gasteiger partial charge in [-0.1, -0.05) is 4.98 Å². The Morgan fingerprint density at radius 3 is 1.51 bits per heavy atom. The molecule has 0 atom stereocenters. The fraction of sp³-hybridized carbons (Fsp3) is 0.0769. The first-order valence-corrected chi connectivity index (χ1v) is 9.18. The summed E-state index contributed by atoms with van der Waals surface area (Å²) in [5, 5.41) is 58.7. The van der Waals surface area contributed by atoms with Crippen molar-refractivity contribution in [3.8, 4) is 0 Å². The van der Waals surface area contributed by atoms with Crippen LogP contribution in [0.5, 0.6) is 0 Å². The molecule has 0 radical (unpaired) electrons. The van der Waals surface area contributed by atoms with Crippen molar-refractivity contribution in [2.24, 2.45) is 0 Å². The number of rotatable bonds is 6. The summed E-state index contributed by atoms with van der Waals surface area (Å²) in [6.07, 6.45) is 5.88. The van der Waals surface area contributed by atoms with E-state index in [1.165, 1.54) is 12.5 Å². The summed E-state index contributed by atoms with van der Waals surface area (Å²) in [6.45, 7) is 1.66. The van der Waals surface area contributed by atoms with Crippen molar-refractivity contribution in [2.75, 3.05) is 0 Å². The number of nitrogens with one attached hydrogen (secondary N) is 3. The van der Waals surface area contributed by atoms with E-state index in [0.717, 1.165) is 24.9 Å². The standard InChI is InChI=1S/C4H5N3O2.2C3H2N4O4.C3H3N3O2/c1-3-5-2-4(6-3)7(8)9;8-6(9)3-1-5(2-4-3)7(10)11;8-6(9)2-1-4-3(5-2)7(10)11;7-6(8)3-1-4-2-5-3/h2H,1H3,(H,5,6);1-2H;1H,(H,4,5);1-2H,(H,4,5). The SMILES string of the molecule is Cc1ncc([N+](=O)[O-])[nH]1.O=[N+]([O-])c1cn([N+](=O)[O-])cn1.O=[N+]([O-])c1cnc([N+](=O)[O-])[nH]1.O=[N+]([O-])c1cnc[nH]1. The number of hydrogen-bond donors (Lipinski definition) is 3. The van der Waals surface area contributed by atoms with Gasteiger partial charge in [0.05, 0.1) is 0 Å². The van der Waals surface area contributed by atoms with E-state index in [1.54, 1.807) is 6.92 Å². The van der Waals surface area contributed by atoms with Crippen LogP contribution in [-0.2, 0) is 0 Å². The van der Waals surface area contributed by atoms with Gasteiger partial charge in [-0.3, -0.25) is 0 Å². The highest BCUT2D eigenvalue weighted by Gasteiger charge is 2.15.